The minimum atomic E-state index is -0.0323. The van der Waals surface area contributed by atoms with Crippen molar-refractivity contribution in [1.29, 1.82) is 0 Å². The van der Waals surface area contributed by atoms with Gasteiger partial charge in [0, 0.05) is 23.2 Å². The Bertz CT molecular complexity index is 774. The molecule has 4 rings (SSSR count). The van der Waals surface area contributed by atoms with Crippen molar-refractivity contribution >= 4 is 28.1 Å². The molecule has 5 heteroatoms. The third-order valence-corrected chi connectivity index (χ3v) is 4.79. The van der Waals surface area contributed by atoms with Gasteiger partial charge in [0.1, 0.15) is 5.01 Å². The molecule has 0 radical (unpaired) electrons. The fraction of sp³-hybridized carbons (Fsp3) is 0.250. The summed E-state index contributed by atoms with van der Waals surface area (Å²) < 4.78 is 0. The van der Waals surface area contributed by atoms with Crippen LogP contribution in [0.15, 0.2) is 42.0 Å². The molecule has 0 spiro atoms. The molecule has 0 aliphatic heterocycles. The summed E-state index contributed by atoms with van der Waals surface area (Å²) in [5, 5.41) is 7.19. The Morgan fingerprint density at radius 2 is 2.29 bits per heavy atom. The van der Waals surface area contributed by atoms with Crippen LogP contribution in [0.25, 0.3) is 10.9 Å². The third kappa shape index (κ3) is 2.34. The number of amides is 1. The molecule has 0 unspecified atom stereocenters. The minimum absolute atomic E-state index is 0.0323. The van der Waals surface area contributed by atoms with Crippen molar-refractivity contribution in [2.45, 2.75) is 18.9 Å². The molecule has 1 aliphatic carbocycles. The lowest BCUT2D eigenvalue weighted by molar-refractivity contribution is 0.0933. The molecule has 2 aromatic heterocycles. The number of benzene rings is 1. The van der Waals surface area contributed by atoms with Crippen LogP contribution in [0.3, 0.4) is 0 Å². The van der Waals surface area contributed by atoms with E-state index in [9.17, 15) is 4.79 Å². The summed E-state index contributed by atoms with van der Waals surface area (Å²) in [5.41, 5.74) is 1.59. The molecule has 0 bridgehead atoms. The van der Waals surface area contributed by atoms with Crippen molar-refractivity contribution in [1.82, 2.24) is 15.3 Å². The lowest BCUT2D eigenvalue weighted by Crippen LogP contribution is -2.30. The van der Waals surface area contributed by atoms with E-state index in [2.05, 4.69) is 15.3 Å². The van der Waals surface area contributed by atoms with Gasteiger partial charge in [-0.05, 0) is 30.9 Å². The Balaban J connectivity index is 1.64. The highest BCUT2D eigenvalue weighted by Gasteiger charge is 2.35. The van der Waals surface area contributed by atoms with Crippen molar-refractivity contribution in [2.75, 3.05) is 0 Å². The van der Waals surface area contributed by atoms with Gasteiger partial charge in [0.05, 0.1) is 17.1 Å². The van der Waals surface area contributed by atoms with Crippen LogP contribution in [0.2, 0.25) is 0 Å². The van der Waals surface area contributed by atoms with E-state index >= 15 is 0 Å². The zero-order valence-corrected chi connectivity index (χ0v) is 12.2. The van der Waals surface area contributed by atoms with Gasteiger partial charge < -0.3 is 10.3 Å². The number of H-pyrrole nitrogens is 1. The molecule has 1 amide bonds. The summed E-state index contributed by atoms with van der Waals surface area (Å²) in [6.07, 6.45) is 5.99. The van der Waals surface area contributed by atoms with Gasteiger partial charge in [0.2, 0.25) is 0 Å². The number of hydrogen-bond acceptors (Lipinski definition) is 3. The second-order valence-electron chi connectivity index (χ2n) is 5.41. The van der Waals surface area contributed by atoms with Crippen LogP contribution in [0.1, 0.15) is 34.2 Å². The van der Waals surface area contributed by atoms with Crippen molar-refractivity contribution < 1.29 is 4.79 Å². The van der Waals surface area contributed by atoms with E-state index in [0.29, 0.717) is 11.5 Å². The summed E-state index contributed by atoms with van der Waals surface area (Å²) in [6.45, 7) is 0. The fourth-order valence-electron chi connectivity index (χ4n) is 2.69. The van der Waals surface area contributed by atoms with E-state index in [0.717, 1.165) is 28.8 Å². The number of para-hydroxylation sites is 1. The van der Waals surface area contributed by atoms with E-state index in [1.807, 2.05) is 35.8 Å². The highest BCUT2D eigenvalue weighted by molar-refractivity contribution is 7.09. The summed E-state index contributed by atoms with van der Waals surface area (Å²) in [4.78, 5) is 20.2. The Morgan fingerprint density at radius 1 is 1.38 bits per heavy atom. The average molecular weight is 297 g/mol. The summed E-state index contributed by atoms with van der Waals surface area (Å²) >= 11 is 1.61. The van der Waals surface area contributed by atoms with E-state index in [1.165, 1.54) is 0 Å². The molecule has 1 fully saturated rings. The number of fused-ring (bicyclic) bond motifs is 1. The molecule has 2 heterocycles. The first-order chi connectivity index (χ1) is 10.3. The summed E-state index contributed by atoms with van der Waals surface area (Å²) in [7, 11) is 0. The Morgan fingerprint density at radius 3 is 3.05 bits per heavy atom. The van der Waals surface area contributed by atoms with Crippen LogP contribution < -0.4 is 5.32 Å². The predicted molar refractivity (Wildman–Crippen MR) is 83.3 cm³/mol. The van der Waals surface area contributed by atoms with Gasteiger partial charge in [-0.3, -0.25) is 4.79 Å². The van der Waals surface area contributed by atoms with Crippen LogP contribution in [-0.4, -0.2) is 15.9 Å². The average Bonchev–Trinajstić information content (AvgIpc) is 3.01. The van der Waals surface area contributed by atoms with E-state index in [4.69, 9.17) is 0 Å². The number of aromatic amines is 1. The largest absolute Gasteiger partial charge is 0.361 e. The number of hydrogen-bond donors (Lipinski definition) is 2. The third-order valence-electron chi connectivity index (χ3n) is 3.93. The monoisotopic (exact) mass is 297 g/mol. The topological polar surface area (TPSA) is 57.8 Å². The highest BCUT2D eigenvalue weighted by Crippen LogP contribution is 2.41. The molecule has 4 nitrogen and oxygen atoms in total. The van der Waals surface area contributed by atoms with Gasteiger partial charge in [-0.25, -0.2) is 4.98 Å². The van der Waals surface area contributed by atoms with E-state index in [-0.39, 0.29) is 11.9 Å². The SMILES string of the molecule is O=C(N[C@H](c1nccs1)C1CC1)c1cccc2cc[nH]c12. The molecule has 3 aromatic rings. The van der Waals surface area contributed by atoms with Crippen LogP contribution in [0.4, 0.5) is 0 Å². The van der Waals surface area contributed by atoms with Gasteiger partial charge in [-0.2, -0.15) is 0 Å². The lowest BCUT2D eigenvalue weighted by Gasteiger charge is -2.16. The summed E-state index contributed by atoms with van der Waals surface area (Å²) in [5.74, 6) is 0.498. The Hall–Kier alpha value is -2.14. The molecular weight excluding hydrogens is 282 g/mol. The van der Waals surface area contributed by atoms with Crippen LogP contribution in [-0.2, 0) is 0 Å². The van der Waals surface area contributed by atoms with E-state index in [1.54, 1.807) is 17.5 Å². The number of nitrogens with zero attached hydrogens (tertiary/aromatic N) is 1. The Kier molecular flexibility index (Phi) is 3.00. The van der Waals surface area contributed by atoms with Gasteiger partial charge >= 0.3 is 0 Å². The fourth-order valence-corrected chi connectivity index (χ4v) is 3.47. The predicted octanol–water partition coefficient (Wildman–Crippen LogP) is 3.51. The number of aromatic nitrogens is 2. The molecule has 1 aromatic carbocycles. The number of nitrogens with one attached hydrogen (secondary N) is 2. The molecule has 1 aliphatic rings. The normalized spacial score (nSPS) is 16.0. The van der Waals surface area contributed by atoms with Gasteiger partial charge in [0.25, 0.3) is 5.91 Å². The quantitative estimate of drug-likeness (QED) is 0.774. The number of rotatable bonds is 4. The first-order valence-corrected chi connectivity index (χ1v) is 7.97. The van der Waals surface area contributed by atoms with Gasteiger partial charge in [-0.1, -0.05) is 12.1 Å². The number of carbonyl (C=O) groups excluding carboxylic acids is 1. The highest BCUT2D eigenvalue weighted by atomic mass is 32.1. The molecule has 0 saturated heterocycles. The molecule has 2 N–H and O–H groups in total. The van der Waals surface area contributed by atoms with E-state index < -0.39 is 0 Å². The zero-order chi connectivity index (χ0) is 14.2. The second-order valence-corrected chi connectivity index (χ2v) is 6.33. The molecule has 21 heavy (non-hydrogen) atoms. The smallest absolute Gasteiger partial charge is 0.253 e. The van der Waals surface area contributed by atoms with Crippen molar-refractivity contribution in [3.05, 3.63) is 52.6 Å². The molecule has 106 valence electrons. The first-order valence-electron chi connectivity index (χ1n) is 7.09. The Labute approximate surface area is 126 Å². The maximum absolute atomic E-state index is 12.6. The van der Waals surface area contributed by atoms with Crippen molar-refractivity contribution in [2.24, 2.45) is 5.92 Å². The number of thiazole rings is 1. The molecule has 1 saturated carbocycles. The van der Waals surface area contributed by atoms with Crippen LogP contribution >= 0.6 is 11.3 Å². The molecular formula is C16H15N3OS. The zero-order valence-electron chi connectivity index (χ0n) is 11.4. The maximum atomic E-state index is 12.6. The van der Waals surface area contributed by atoms with Crippen molar-refractivity contribution in [3.8, 4) is 0 Å². The van der Waals surface area contributed by atoms with Crippen LogP contribution in [0.5, 0.6) is 0 Å². The second kappa shape index (κ2) is 5.00. The maximum Gasteiger partial charge on any atom is 0.253 e. The van der Waals surface area contributed by atoms with Crippen LogP contribution in [0, 0.1) is 5.92 Å². The van der Waals surface area contributed by atoms with Crippen molar-refractivity contribution in [3.63, 3.8) is 0 Å². The first kappa shape index (κ1) is 12.6. The molecule has 1 atom stereocenters. The number of carbonyl (C=O) groups is 1. The summed E-state index contributed by atoms with van der Waals surface area (Å²) in [6, 6.07) is 7.80. The van der Waals surface area contributed by atoms with Gasteiger partial charge in [0.15, 0.2) is 0 Å². The lowest BCUT2D eigenvalue weighted by atomic mass is 10.1. The minimum Gasteiger partial charge on any atom is -0.361 e. The van der Waals surface area contributed by atoms with Gasteiger partial charge in [-0.15, -0.1) is 11.3 Å². The standard InChI is InChI=1S/C16H15N3OS/c20-15(12-3-1-2-10-6-7-17-13(10)12)19-14(11-4-5-11)16-18-8-9-21-16/h1-3,6-9,11,14,17H,4-5H2,(H,19,20)/t14-/m0/s1.